The Kier molecular flexibility index (Phi) is 5.09. The maximum Gasteiger partial charge on any atom is 0.420 e. The molecule has 1 aromatic heterocycles. The molecule has 26 heavy (non-hydrogen) atoms. The van der Waals surface area contributed by atoms with Crippen LogP contribution in [-0.4, -0.2) is 31.1 Å². The van der Waals surface area contributed by atoms with Crippen molar-refractivity contribution in [2.45, 2.75) is 6.54 Å². The molecule has 1 heterocycles. The highest BCUT2D eigenvalue weighted by atomic mass is 16.4. The zero-order valence-electron chi connectivity index (χ0n) is 14.7. The summed E-state index contributed by atoms with van der Waals surface area (Å²) in [7, 11) is 3.91. The van der Waals surface area contributed by atoms with Gasteiger partial charge in [0.2, 0.25) is 5.91 Å². The first-order valence-corrected chi connectivity index (χ1v) is 8.16. The van der Waals surface area contributed by atoms with Crippen LogP contribution in [0.25, 0.3) is 11.1 Å². The SMILES string of the molecule is CN(C)c1ccccc1C#CCNC(=O)Cn1c(=O)oc2ccccc21. The van der Waals surface area contributed by atoms with E-state index in [9.17, 15) is 9.59 Å². The number of aromatic nitrogens is 1. The molecule has 0 atom stereocenters. The Labute approximate surface area is 151 Å². The first-order valence-electron chi connectivity index (χ1n) is 8.16. The van der Waals surface area contributed by atoms with Crippen LogP contribution in [0.5, 0.6) is 0 Å². The molecule has 0 aliphatic heterocycles. The zero-order chi connectivity index (χ0) is 18.5. The standard InChI is InChI=1S/C20H19N3O3/c1-22(2)16-10-4-3-8-15(16)9-7-13-21-19(24)14-23-17-11-5-6-12-18(17)26-20(23)25/h3-6,8,10-12H,13-14H2,1-2H3,(H,21,24). The van der Waals surface area contributed by atoms with Gasteiger partial charge in [-0.3, -0.25) is 9.36 Å². The quantitative estimate of drug-likeness (QED) is 0.730. The largest absolute Gasteiger partial charge is 0.420 e. The zero-order valence-corrected chi connectivity index (χ0v) is 14.7. The van der Waals surface area contributed by atoms with Gasteiger partial charge in [0.15, 0.2) is 5.58 Å². The first-order chi connectivity index (χ1) is 12.6. The second kappa shape index (κ2) is 7.62. The summed E-state index contributed by atoms with van der Waals surface area (Å²) in [5, 5.41) is 2.70. The number of nitrogens with zero attached hydrogens (tertiary/aromatic N) is 2. The fraction of sp³-hybridized carbons (Fsp3) is 0.200. The maximum absolute atomic E-state index is 12.1. The van der Waals surface area contributed by atoms with E-state index >= 15 is 0 Å². The van der Waals surface area contributed by atoms with Gasteiger partial charge in [0, 0.05) is 19.7 Å². The number of hydrogen-bond acceptors (Lipinski definition) is 4. The molecule has 6 nitrogen and oxygen atoms in total. The van der Waals surface area contributed by atoms with Gasteiger partial charge >= 0.3 is 5.76 Å². The van der Waals surface area contributed by atoms with Gasteiger partial charge in [-0.15, -0.1) is 0 Å². The summed E-state index contributed by atoms with van der Waals surface area (Å²) in [6, 6.07) is 14.8. The molecule has 0 unspecified atom stereocenters. The molecule has 0 aliphatic rings. The van der Waals surface area contributed by atoms with Crippen LogP contribution in [0.1, 0.15) is 5.56 Å². The molecule has 0 spiro atoms. The number of hydrogen-bond donors (Lipinski definition) is 1. The van der Waals surface area contributed by atoms with Crippen molar-refractivity contribution in [2.75, 3.05) is 25.5 Å². The predicted octanol–water partition coefficient (Wildman–Crippen LogP) is 1.83. The van der Waals surface area contributed by atoms with E-state index in [0.29, 0.717) is 11.1 Å². The minimum absolute atomic E-state index is 0.105. The second-order valence-electron chi connectivity index (χ2n) is 5.91. The fourth-order valence-electron chi connectivity index (χ4n) is 2.61. The molecule has 0 fully saturated rings. The molecule has 2 aromatic carbocycles. The summed E-state index contributed by atoms with van der Waals surface area (Å²) < 4.78 is 6.42. The van der Waals surface area contributed by atoms with Crippen LogP contribution in [0.3, 0.4) is 0 Å². The van der Waals surface area contributed by atoms with Crippen LogP contribution >= 0.6 is 0 Å². The number of nitrogens with one attached hydrogen (secondary N) is 1. The van der Waals surface area contributed by atoms with Crippen molar-refractivity contribution in [3.63, 3.8) is 0 Å². The molecule has 1 N–H and O–H groups in total. The number of carbonyl (C=O) groups excluding carboxylic acids is 1. The third-order valence-electron chi connectivity index (χ3n) is 3.86. The molecule has 132 valence electrons. The molecular formula is C20H19N3O3. The van der Waals surface area contributed by atoms with E-state index in [4.69, 9.17) is 4.42 Å². The maximum atomic E-state index is 12.1. The van der Waals surface area contributed by atoms with Gasteiger partial charge in [0.05, 0.1) is 17.7 Å². The third kappa shape index (κ3) is 3.78. The summed E-state index contributed by atoms with van der Waals surface area (Å²) in [6.07, 6.45) is 0. The van der Waals surface area contributed by atoms with Gasteiger partial charge in [0.1, 0.15) is 6.54 Å². The topological polar surface area (TPSA) is 67.5 Å². The Morgan fingerprint density at radius 2 is 1.88 bits per heavy atom. The minimum atomic E-state index is -0.549. The van der Waals surface area contributed by atoms with Crippen molar-refractivity contribution in [2.24, 2.45) is 0 Å². The van der Waals surface area contributed by atoms with Gasteiger partial charge in [-0.1, -0.05) is 36.1 Å². The molecule has 3 aromatic rings. The molecule has 0 saturated heterocycles. The van der Waals surface area contributed by atoms with E-state index in [1.165, 1.54) is 4.57 Å². The second-order valence-corrected chi connectivity index (χ2v) is 5.91. The molecular weight excluding hydrogens is 330 g/mol. The van der Waals surface area contributed by atoms with Gasteiger partial charge < -0.3 is 14.6 Å². The van der Waals surface area contributed by atoms with Crippen LogP contribution < -0.4 is 16.0 Å². The van der Waals surface area contributed by atoms with Gasteiger partial charge in [-0.25, -0.2) is 4.79 Å². The summed E-state index contributed by atoms with van der Waals surface area (Å²) in [5.41, 5.74) is 2.97. The molecule has 0 saturated carbocycles. The van der Waals surface area contributed by atoms with Crippen molar-refractivity contribution in [3.8, 4) is 11.8 Å². The average molecular weight is 349 g/mol. The van der Waals surface area contributed by atoms with E-state index in [1.807, 2.05) is 43.3 Å². The smallest absolute Gasteiger partial charge is 0.408 e. The summed E-state index contributed by atoms with van der Waals surface area (Å²) in [5.74, 6) is 5.15. The van der Waals surface area contributed by atoms with Crippen LogP contribution in [0.15, 0.2) is 57.7 Å². The molecule has 1 amide bonds. The number of rotatable bonds is 4. The molecule has 3 rings (SSSR count). The van der Waals surface area contributed by atoms with E-state index in [1.54, 1.807) is 24.3 Å². The number of fused-ring (bicyclic) bond motifs is 1. The monoisotopic (exact) mass is 349 g/mol. The normalized spacial score (nSPS) is 10.2. The summed E-state index contributed by atoms with van der Waals surface area (Å²) in [4.78, 5) is 26.0. The van der Waals surface area contributed by atoms with Crippen LogP contribution in [0.2, 0.25) is 0 Å². The number of benzene rings is 2. The van der Waals surface area contributed by atoms with Crippen molar-refractivity contribution < 1.29 is 9.21 Å². The Bertz CT molecular complexity index is 1050. The number of oxazole rings is 1. The van der Waals surface area contributed by atoms with Crippen molar-refractivity contribution in [1.82, 2.24) is 9.88 Å². The summed E-state index contributed by atoms with van der Waals surface area (Å²) in [6.45, 7) is 0.0942. The first kappa shape index (κ1) is 17.4. The lowest BCUT2D eigenvalue weighted by Crippen LogP contribution is -2.31. The fourth-order valence-corrected chi connectivity index (χ4v) is 2.61. The average Bonchev–Trinajstić information content (AvgIpc) is 2.94. The highest BCUT2D eigenvalue weighted by Gasteiger charge is 2.11. The van der Waals surface area contributed by atoms with Crippen LogP contribution in [-0.2, 0) is 11.3 Å². The van der Waals surface area contributed by atoms with Crippen LogP contribution in [0, 0.1) is 11.8 Å². The number of carbonyl (C=O) groups is 1. The minimum Gasteiger partial charge on any atom is -0.408 e. The van der Waals surface area contributed by atoms with Gasteiger partial charge in [-0.2, -0.15) is 0 Å². The van der Waals surface area contributed by atoms with E-state index < -0.39 is 5.76 Å². The lowest BCUT2D eigenvalue weighted by atomic mass is 10.1. The molecule has 6 heteroatoms. The summed E-state index contributed by atoms with van der Waals surface area (Å²) >= 11 is 0. The van der Waals surface area contributed by atoms with E-state index in [-0.39, 0.29) is 19.0 Å². The highest BCUT2D eigenvalue weighted by Crippen LogP contribution is 2.16. The molecule has 0 bridgehead atoms. The Hall–Kier alpha value is -3.46. The number of anilines is 1. The van der Waals surface area contributed by atoms with Crippen molar-refractivity contribution >= 4 is 22.7 Å². The van der Waals surface area contributed by atoms with E-state index in [2.05, 4.69) is 17.2 Å². The molecule has 0 radical (unpaired) electrons. The lowest BCUT2D eigenvalue weighted by Gasteiger charge is -2.13. The predicted molar refractivity (Wildman–Crippen MR) is 101 cm³/mol. The number of amides is 1. The Balaban J connectivity index is 1.64. The van der Waals surface area contributed by atoms with Gasteiger partial charge in [0.25, 0.3) is 0 Å². The lowest BCUT2D eigenvalue weighted by molar-refractivity contribution is -0.121. The Morgan fingerprint density at radius 1 is 1.15 bits per heavy atom. The van der Waals surface area contributed by atoms with Crippen LogP contribution in [0.4, 0.5) is 5.69 Å². The highest BCUT2D eigenvalue weighted by molar-refractivity contribution is 5.79. The van der Waals surface area contributed by atoms with Crippen molar-refractivity contribution in [1.29, 1.82) is 0 Å². The van der Waals surface area contributed by atoms with E-state index in [0.717, 1.165) is 11.3 Å². The molecule has 0 aliphatic carbocycles. The van der Waals surface area contributed by atoms with Crippen molar-refractivity contribution in [3.05, 3.63) is 64.6 Å². The third-order valence-corrected chi connectivity index (χ3v) is 3.86. The number of para-hydroxylation sites is 3. The Morgan fingerprint density at radius 3 is 2.69 bits per heavy atom. The van der Waals surface area contributed by atoms with Gasteiger partial charge in [-0.05, 0) is 24.3 Å².